The number of benzene rings is 2. The maximum absolute atomic E-state index is 12.9. The number of ether oxygens (including phenoxy) is 1. The Morgan fingerprint density at radius 3 is 2.56 bits per heavy atom. The summed E-state index contributed by atoms with van der Waals surface area (Å²) in [6, 6.07) is 13.3. The molecular formula is C21H23NO3. The number of anilines is 1. The van der Waals surface area contributed by atoms with Gasteiger partial charge in [0.05, 0.1) is 5.56 Å². The van der Waals surface area contributed by atoms with Gasteiger partial charge in [0.2, 0.25) is 0 Å². The Morgan fingerprint density at radius 2 is 1.84 bits per heavy atom. The molecule has 1 aliphatic rings. The minimum Gasteiger partial charge on any atom is -0.449 e. The number of nitrogens with zero attached hydrogens (tertiary/aromatic N) is 1. The third-order valence-electron chi connectivity index (χ3n) is 4.82. The van der Waals surface area contributed by atoms with Crippen LogP contribution < -0.4 is 4.90 Å². The fraction of sp³-hybridized carbons (Fsp3) is 0.333. The van der Waals surface area contributed by atoms with Crippen LogP contribution in [0.15, 0.2) is 42.5 Å². The van der Waals surface area contributed by atoms with E-state index in [0.717, 1.165) is 28.8 Å². The van der Waals surface area contributed by atoms with Gasteiger partial charge in [0.1, 0.15) is 0 Å². The molecule has 0 N–H and O–H groups in total. The molecule has 0 spiro atoms. The molecule has 0 radical (unpaired) electrons. The molecule has 2 aromatic rings. The molecule has 1 aliphatic heterocycles. The van der Waals surface area contributed by atoms with Crippen molar-refractivity contribution in [1.82, 2.24) is 0 Å². The van der Waals surface area contributed by atoms with Crippen molar-refractivity contribution in [2.45, 2.75) is 46.3 Å². The van der Waals surface area contributed by atoms with Crippen molar-refractivity contribution in [1.29, 1.82) is 0 Å². The Labute approximate surface area is 148 Å². The van der Waals surface area contributed by atoms with Crippen LogP contribution in [0.1, 0.15) is 40.9 Å². The van der Waals surface area contributed by atoms with E-state index in [1.807, 2.05) is 51.1 Å². The third-order valence-corrected chi connectivity index (χ3v) is 4.82. The Bertz CT molecular complexity index is 828. The molecule has 1 heterocycles. The molecule has 0 saturated heterocycles. The summed E-state index contributed by atoms with van der Waals surface area (Å²) in [6.07, 6.45) is -0.0116. The molecular weight excluding hydrogens is 314 g/mol. The van der Waals surface area contributed by atoms with Crippen LogP contribution in [0.2, 0.25) is 0 Å². The predicted octanol–water partition coefficient (Wildman–Crippen LogP) is 3.83. The van der Waals surface area contributed by atoms with Gasteiger partial charge in [0.25, 0.3) is 5.91 Å². The van der Waals surface area contributed by atoms with E-state index in [9.17, 15) is 9.59 Å². The first-order valence-electron chi connectivity index (χ1n) is 8.57. The summed E-state index contributed by atoms with van der Waals surface area (Å²) >= 11 is 0. The van der Waals surface area contributed by atoms with Gasteiger partial charge in [-0.3, -0.25) is 4.79 Å². The number of aryl methyl sites for hydroxylation is 2. The number of carbonyl (C=O) groups excluding carboxylic acids is 2. The summed E-state index contributed by atoms with van der Waals surface area (Å²) in [5.74, 6) is -0.654. The predicted molar refractivity (Wildman–Crippen MR) is 97.9 cm³/mol. The lowest BCUT2D eigenvalue weighted by Gasteiger charge is -2.26. The summed E-state index contributed by atoms with van der Waals surface area (Å²) in [7, 11) is 0. The summed E-state index contributed by atoms with van der Waals surface area (Å²) in [5.41, 5.74) is 4.67. The lowest BCUT2D eigenvalue weighted by molar-refractivity contribution is -0.126. The highest BCUT2D eigenvalue weighted by Crippen LogP contribution is 2.32. The van der Waals surface area contributed by atoms with Crippen molar-refractivity contribution in [3.8, 4) is 0 Å². The van der Waals surface area contributed by atoms with Gasteiger partial charge >= 0.3 is 5.97 Å². The first kappa shape index (κ1) is 17.2. The number of amides is 1. The van der Waals surface area contributed by atoms with Crippen LogP contribution in [-0.2, 0) is 16.0 Å². The van der Waals surface area contributed by atoms with Crippen molar-refractivity contribution in [3.05, 3.63) is 64.7 Å². The maximum Gasteiger partial charge on any atom is 0.338 e. The average Bonchev–Trinajstić information content (AvgIpc) is 2.92. The van der Waals surface area contributed by atoms with Crippen LogP contribution in [0.25, 0.3) is 0 Å². The molecule has 4 nitrogen and oxygen atoms in total. The second-order valence-corrected chi connectivity index (χ2v) is 6.74. The topological polar surface area (TPSA) is 46.6 Å². The maximum atomic E-state index is 12.9. The van der Waals surface area contributed by atoms with E-state index >= 15 is 0 Å². The van der Waals surface area contributed by atoms with E-state index in [2.05, 4.69) is 0 Å². The standard InChI is InChI=1S/C21H23NO3/c1-13-9-10-18(11-14(13)2)21(24)25-16(4)20(23)22-15(3)12-17-7-5-6-8-19(17)22/h5-11,15-16H,12H2,1-4H3/t15-,16-/m1/s1. The molecule has 130 valence electrons. The second-order valence-electron chi connectivity index (χ2n) is 6.74. The van der Waals surface area contributed by atoms with Crippen molar-refractivity contribution in [3.63, 3.8) is 0 Å². The van der Waals surface area contributed by atoms with Crippen LogP contribution in [0, 0.1) is 13.8 Å². The van der Waals surface area contributed by atoms with Crippen LogP contribution in [0.3, 0.4) is 0 Å². The fourth-order valence-corrected chi connectivity index (χ4v) is 3.24. The molecule has 2 atom stereocenters. The lowest BCUT2D eigenvalue weighted by atomic mass is 10.1. The molecule has 0 fully saturated rings. The van der Waals surface area contributed by atoms with Crippen LogP contribution in [0.4, 0.5) is 5.69 Å². The molecule has 0 saturated carbocycles. The quantitative estimate of drug-likeness (QED) is 0.800. The zero-order valence-corrected chi connectivity index (χ0v) is 15.1. The second kappa shape index (κ2) is 6.71. The largest absolute Gasteiger partial charge is 0.449 e. The zero-order chi connectivity index (χ0) is 18.1. The van der Waals surface area contributed by atoms with Crippen LogP contribution >= 0.6 is 0 Å². The van der Waals surface area contributed by atoms with Crippen LogP contribution in [-0.4, -0.2) is 24.0 Å². The summed E-state index contributed by atoms with van der Waals surface area (Å²) in [4.78, 5) is 27.0. The van der Waals surface area contributed by atoms with Crippen molar-refractivity contribution < 1.29 is 14.3 Å². The van der Waals surface area contributed by atoms with Gasteiger partial charge < -0.3 is 9.64 Å². The van der Waals surface area contributed by atoms with Crippen molar-refractivity contribution in [2.75, 3.05) is 4.90 Å². The zero-order valence-electron chi connectivity index (χ0n) is 15.1. The van der Waals surface area contributed by atoms with Crippen molar-refractivity contribution in [2.24, 2.45) is 0 Å². The number of fused-ring (bicyclic) bond motifs is 1. The highest BCUT2D eigenvalue weighted by molar-refractivity contribution is 6.01. The molecule has 2 aromatic carbocycles. The third kappa shape index (κ3) is 3.29. The summed E-state index contributed by atoms with van der Waals surface area (Å²) in [5, 5.41) is 0. The Balaban J connectivity index is 1.75. The van der Waals surface area contributed by atoms with Crippen LogP contribution in [0.5, 0.6) is 0 Å². The SMILES string of the molecule is Cc1ccc(C(=O)O[C@H](C)C(=O)N2c3ccccc3C[C@H]2C)cc1C. The number of rotatable bonds is 3. The van der Waals surface area contributed by atoms with E-state index < -0.39 is 12.1 Å². The summed E-state index contributed by atoms with van der Waals surface area (Å²) in [6.45, 7) is 7.58. The van der Waals surface area contributed by atoms with Gasteiger partial charge in [-0.1, -0.05) is 24.3 Å². The van der Waals surface area contributed by atoms with Gasteiger partial charge in [0, 0.05) is 11.7 Å². The van der Waals surface area contributed by atoms with E-state index in [1.165, 1.54) is 0 Å². The normalized spacial score (nSPS) is 17.1. The molecule has 0 aliphatic carbocycles. The van der Waals surface area contributed by atoms with Gasteiger partial charge in [-0.05, 0) is 69.0 Å². The molecule has 3 rings (SSSR count). The first-order chi connectivity index (χ1) is 11.9. The Hall–Kier alpha value is -2.62. The van der Waals surface area contributed by atoms with E-state index in [4.69, 9.17) is 4.74 Å². The highest BCUT2D eigenvalue weighted by Gasteiger charge is 2.34. The Morgan fingerprint density at radius 1 is 1.12 bits per heavy atom. The van der Waals surface area contributed by atoms with E-state index in [-0.39, 0.29) is 11.9 Å². The average molecular weight is 337 g/mol. The lowest BCUT2D eigenvalue weighted by Crippen LogP contribution is -2.43. The number of para-hydroxylation sites is 1. The minimum absolute atomic E-state index is 0.0627. The smallest absolute Gasteiger partial charge is 0.338 e. The fourth-order valence-electron chi connectivity index (χ4n) is 3.24. The van der Waals surface area contributed by atoms with Gasteiger partial charge in [-0.15, -0.1) is 0 Å². The number of carbonyl (C=O) groups is 2. The van der Waals surface area contributed by atoms with E-state index in [1.54, 1.807) is 24.0 Å². The number of hydrogen-bond acceptors (Lipinski definition) is 3. The summed E-state index contributed by atoms with van der Waals surface area (Å²) < 4.78 is 5.44. The molecule has 0 unspecified atom stereocenters. The molecule has 4 heteroatoms. The monoisotopic (exact) mass is 337 g/mol. The molecule has 1 amide bonds. The highest BCUT2D eigenvalue weighted by atomic mass is 16.5. The minimum atomic E-state index is -0.831. The van der Waals surface area contributed by atoms with Gasteiger partial charge in [-0.2, -0.15) is 0 Å². The first-order valence-corrected chi connectivity index (χ1v) is 8.57. The van der Waals surface area contributed by atoms with Gasteiger partial charge in [-0.25, -0.2) is 4.79 Å². The number of esters is 1. The Kier molecular flexibility index (Phi) is 4.62. The number of hydrogen-bond donors (Lipinski definition) is 0. The molecule has 0 bridgehead atoms. The molecule has 25 heavy (non-hydrogen) atoms. The van der Waals surface area contributed by atoms with Crippen molar-refractivity contribution >= 4 is 17.6 Å². The molecule has 0 aromatic heterocycles. The van der Waals surface area contributed by atoms with Gasteiger partial charge in [0.15, 0.2) is 6.10 Å². The van der Waals surface area contributed by atoms with E-state index in [0.29, 0.717) is 5.56 Å².